The zero-order valence-corrected chi connectivity index (χ0v) is 9.98. The summed E-state index contributed by atoms with van der Waals surface area (Å²) < 4.78 is 18.3. The molecule has 2 rings (SSSR count). The summed E-state index contributed by atoms with van der Waals surface area (Å²) in [5.74, 6) is 0.277. The Kier molecular flexibility index (Phi) is 3.59. The van der Waals surface area contributed by atoms with Crippen LogP contribution in [0.15, 0.2) is 42.5 Å². The van der Waals surface area contributed by atoms with E-state index in [0.717, 1.165) is 11.1 Å². The fraction of sp³-hybridized carbons (Fsp3) is 0.133. The Hall–Kier alpha value is -2.34. The van der Waals surface area contributed by atoms with Crippen LogP contribution in [-0.2, 0) is 6.61 Å². The average Bonchev–Trinajstić information content (AvgIpc) is 2.39. The van der Waals surface area contributed by atoms with Crippen molar-refractivity contribution in [3.63, 3.8) is 0 Å². The molecule has 18 heavy (non-hydrogen) atoms. The van der Waals surface area contributed by atoms with Crippen LogP contribution in [0.25, 0.3) is 0 Å². The molecule has 3 heteroatoms. The van der Waals surface area contributed by atoms with Gasteiger partial charge in [0.05, 0.1) is 5.56 Å². The summed E-state index contributed by atoms with van der Waals surface area (Å²) in [5, 5.41) is 9.00. The van der Waals surface area contributed by atoms with Crippen molar-refractivity contribution in [3.8, 4) is 11.8 Å². The number of benzene rings is 2. The van der Waals surface area contributed by atoms with Crippen molar-refractivity contribution in [3.05, 3.63) is 65.0 Å². The number of aryl methyl sites for hydroxylation is 1. The number of nitrogens with zero attached hydrogens (tertiary/aromatic N) is 1. The predicted molar refractivity (Wildman–Crippen MR) is 66.6 cm³/mol. The second-order valence-corrected chi connectivity index (χ2v) is 4.03. The molecule has 0 aromatic heterocycles. The van der Waals surface area contributed by atoms with E-state index >= 15 is 0 Å². The van der Waals surface area contributed by atoms with E-state index in [-0.39, 0.29) is 5.82 Å². The van der Waals surface area contributed by atoms with Crippen molar-refractivity contribution in [2.24, 2.45) is 0 Å². The third-order valence-corrected chi connectivity index (χ3v) is 2.56. The monoisotopic (exact) mass is 241 g/mol. The molecule has 0 amide bonds. The summed E-state index contributed by atoms with van der Waals surface area (Å²) in [6.45, 7) is 2.24. The highest BCUT2D eigenvalue weighted by Crippen LogP contribution is 2.20. The van der Waals surface area contributed by atoms with Crippen LogP contribution in [0.5, 0.6) is 5.75 Å². The largest absolute Gasteiger partial charge is 0.488 e. The Morgan fingerprint density at radius 1 is 1.17 bits per heavy atom. The van der Waals surface area contributed by atoms with Crippen LogP contribution in [0.3, 0.4) is 0 Å². The highest BCUT2D eigenvalue weighted by atomic mass is 19.1. The third-order valence-electron chi connectivity index (χ3n) is 2.56. The van der Waals surface area contributed by atoms with Gasteiger partial charge in [0.2, 0.25) is 0 Å². The molecule has 0 heterocycles. The topological polar surface area (TPSA) is 33.0 Å². The molecule has 0 aliphatic carbocycles. The number of rotatable bonds is 3. The molecule has 0 N–H and O–H groups in total. The lowest BCUT2D eigenvalue weighted by atomic mass is 10.1. The second-order valence-electron chi connectivity index (χ2n) is 4.03. The summed E-state index contributed by atoms with van der Waals surface area (Å²) in [5.41, 5.74) is 2.39. The Morgan fingerprint density at radius 2 is 1.89 bits per heavy atom. The van der Waals surface area contributed by atoms with E-state index in [9.17, 15) is 4.39 Å². The summed E-state index contributed by atoms with van der Waals surface area (Å²) in [7, 11) is 0. The average molecular weight is 241 g/mol. The van der Waals surface area contributed by atoms with Crippen molar-refractivity contribution >= 4 is 0 Å². The van der Waals surface area contributed by atoms with E-state index in [4.69, 9.17) is 10.00 Å². The van der Waals surface area contributed by atoms with Gasteiger partial charge in [0, 0.05) is 0 Å². The number of hydrogen-bond donors (Lipinski definition) is 0. The summed E-state index contributed by atoms with van der Waals surface area (Å²) >= 11 is 0. The number of ether oxygens (including phenoxy) is 1. The first-order valence-electron chi connectivity index (χ1n) is 5.57. The molecule has 2 nitrogen and oxygen atoms in total. The van der Waals surface area contributed by atoms with E-state index < -0.39 is 0 Å². The standard InChI is InChI=1S/C15H12FNO/c1-11-2-7-15(13(8-11)9-17)18-10-12-3-5-14(16)6-4-12/h2-8H,10H2,1H3. The summed E-state index contributed by atoms with van der Waals surface area (Å²) in [4.78, 5) is 0. The van der Waals surface area contributed by atoms with Gasteiger partial charge in [-0.1, -0.05) is 18.2 Å². The van der Waals surface area contributed by atoms with E-state index in [1.807, 2.05) is 13.0 Å². The van der Waals surface area contributed by atoms with Gasteiger partial charge in [-0.3, -0.25) is 0 Å². The maximum atomic E-state index is 12.7. The van der Waals surface area contributed by atoms with E-state index in [1.54, 1.807) is 24.3 Å². The minimum Gasteiger partial charge on any atom is -0.488 e. The minimum absolute atomic E-state index is 0.271. The molecular weight excluding hydrogens is 229 g/mol. The maximum absolute atomic E-state index is 12.7. The first kappa shape index (κ1) is 12.1. The first-order valence-corrected chi connectivity index (χ1v) is 5.57. The lowest BCUT2D eigenvalue weighted by Gasteiger charge is -2.08. The van der Waals surface area contributed by atoms with Gasteiger partial charge in [-0.25, -0.2) is 4.39 Å². The van der Waals surface area contributed by atoms with E-state index in [2.05, 4.69) is 6.07 Å². The van der Waals surface area contributed by atoms with Crippen LogP contribution >= 0.6 is 0 Å². The number of halogens is 1. The van der Waals surface area contributed by atoms with Gasteiger partial charge in [-0.15, -0.1) is 0 Å². The van der Waals surface area contributed by atoms with Gasteiger partial charge in [-0.05, 0) is 42.3 Å². The van der Waals surface area contributed by atoms with Gasteiger partial charge >= 0.3 is 0 Å². The van der Waals surface area contributed by atoms with Crippen LogP contribution in [0.1, 0.15) is 16.7 Å². The molecule has 2 aromatic rings. The van der Waals surface area contributed by atoms with Crippen LogP contribution in [0.2, 0.25) is 0 Å². The second kappa shape index (κ2) is 5.33. The van der Waals surface area contributed by atoms with Gasteiger partial charge in [-0.2, -0.15) is 5.26 Å². The Balaban J connectivity index is 2.11. The van der Waals surface area contributed by atoms with E-state index in [1.165, 1.54) is 12.1 Å². The molecule has 0 bridgehead atoms. The molecule has 0 saturated carbocycles. The van der Waals surface area contributed by atoms with Crippen molar-refractivity contribution in [2.75, 3.05) is 0 Å². The van der Waals surface area contributed by atoms with Crippen molar-refractivity contribution in [1.82, 2.24) is 0 Å². The zero-order valence-electron chi connectivity index (χ0n) is 9.98. The fourth-order valence-electron chi connectivity index (χ4n) is 1.60. The van der Waals surface area contributed by atoms with E-state index in [0.29, 0.717) is 17.9 Å². The van der Waals surface area contributed by atoms with Gasteiger partial charge in [0.1, 0.15) is 24.2 Å². The first-order chi connectivity index (χ1) is 8.69. The minimum atomic E-state index is -0.271. The highest BCUT2D eigenvalue weighted by Gasteiger charge is 2.03. The molecule has 0 saturated heterocycles. The molecular formula is C15H12FNO. The van der Waals surface area contributed by atoms with Gasteiger partial charge in [0.25, 0.3) is 0 Å². The Bertz CT molecular complexity index is 584. The summed E-state index contributed by atoms with van der Waals surface area (Å²) in [6, 6.07) is 13.6. The maximum Gasteiger partial charge on any atom is 0.137 e. The zero-order chi connectivity index (χ0) is 13.0. The molecule has 0 atom stereocenters. The SMILES string of the molecule is Cc1ccc(OCc2ccc(F)cc2)c(C#N)c1. The molecule has 0 unspecified atom stereocenters. The Labute approximate surface area is 105 Å². The molecule has 0 spiro atoms. The van der Waals surface area contributed by atoms with Crippen LogP contribution in [0.4, 0.5) is 4.39 Å². The molecule has 0 radical (unpaired) electrons. The fourth-order valence-corrected chi connectivity index (χ4v) is 1.60. The van der Waals surface area contributed by atoms with Crippen molar-refractivity contribution in [2.45, 2.75) is 13.5 Å². The van der Waals surface area contributed by atoms with Gasteiger partial charge < -0.3 is 4.74 Å². The molecule has 2 aromatic carbocycles. The summed E-state index contributed by atoms with van der Waals surface area (Å²) in [6.07, 6.45) is 0. The van der Waals surface area contributed by atoms with Crippen LogP contribution in [0, 0.1) is 24.1 Å². The third kappa shape index (κ3) is 2.86. The quantitative estimate of drug-likeness (QED) is 0.822. The lowest BCUT2D eigenvalue weighted by molar-refractivity contribution is 0.305. The molecule has 0 aliphatic heterocycles. The lowest BCUT2D eigenvalue weighted by Crippen LogP contribution is -1.97. The van der Waals surface area contributed by atoms with Crippen molar-refractivity contribution < 1.29 is 9.13 Å². The normalized spacial score (nSPS) is 9.83. The highest BCUT2D eigenvalue weighted by molar-refractivity contribution is 5.45. The van der Waals surface area contributed by atoms with Gasteiger partial charge in [0.15, 0.2) is 0 Å². The number of nitriles is 1. The van der Waals surface area contributed by atoms with Crippen molar-refractivity contribution in [1.29, 1.82) is 5.26 Å². The number of hydrogen-bond acceptors (Lipinski definition) is 2. The Morgan fingerprint density at radius 3 is 2.56 bits per heavy atom. The molecule has 0 fully saturated rings. The molecule has 90 valence electrons. The smallest absolute Gasteiger partial charge is 0.137 e. The van der Waals surface area contributed by atoms with Crippen LogP contribution < -0.4 is 4.74 Å². The molecule has 0 aliphatic rings. The predicted octanol–water partition coefficient (Wildman–Crippen LogP) is 3.58. The van der Waals surface area contributed by atoms with Crippen LogP contribution in [-0.4, -0.2) is 0 Å².